The molecule has 3 fully saturated rings. The summed E-state index contributed by atoms with van der Waals surface area (Å²) in [5.41, 5.74) is 2.79. The van der Waals surface area contributed by atoms with Crippen molar-refractivity contribution >= 4 is 17.4 Å². The molecule has 0 spiro atoms. The zero-order chi connectivity index (χ0) is 26.5. The monoisotopic (exact) mass is 502 g/mol. The van der Waals surface area contributed by atoms with Crippen molar-refractivity contribution in [2.75, 3.05) is 18.0 Å². The van der Waals surface area contributed by atoms with Crippen LogP contribution in [0.2, 0.25) is 0 Å². The third kappa shape index (κ3) is 5.12. The Bertz CT molecular complexity index is 1350. The maximum Gasteiger partial charge on any atom is 0.410 e. The number of amides is 1. The van der Waals surface area contributed by atoms with Gasteiger partial charge in [-0.3, -0.25) is 4.90 Å². The van der Waals surface area contributed by atoms with Crippen LogP contribution in [0.4, 0.5) is 10.6 Å². The summed E-state index contributed by atoms with van der Waals surface area (Å²) in [6, 6.07) is 8.59. The molecule has 3 aromatic rings. The molecule has 3 aliphatic rings. The third-order valence-electron chi connectivity index (χ3n) is 6.99. The molecule has 6 heterocycles. The van der Waals surface area contributed by atoms with Gasteiger partial charge in [-0.1, -0.05) is 0 Å². The lowest BCUT2D eigenvalue weighted by Gasteiger charge is -2.56. The second kappa shape index (κ2) is 9.03. The van der Waals surface area contributed by atoms with Gasteiger partial charge in [0.2, 0.25) is 0 Å². The smallest absolute Gasteiger partial charge is 0.410 e. The average Bonchev–Trinajstić information content (AvgIpc) is 3.24. The number of hydrogen-bond acceptors (Lipinski definition) is 7. The first-order chi connectivity index (χ1) is 17.4. The minimum absolute atomic E-state index is 0.132. The Balaban J connectivity index is 1.37. The largest absolute Gasteiger partial charge is 0.444 e. The normalized spacial score (nSPS) is 19.5. The number of aryl methyl sites for hydroxylation is 1. The number of rotatable bonds is 5. The molecule has 2 atom stereocenters. The lowest BCUT2D eigenvalue weighted by molar-refractivity contribution is -0.0380. The van der Waals surface area contributed by atoms with Crippen LogP contribution in [0.5, 0.6) is 0 Å². The van der Waals surface area contributed by atoms with Gasteiger partial charge in [0.15, 0.2) is 0 Å². The van der Waals surface area contributed by atoms with Gasteiger partial charge in [0, 0.05) is 36.6 Å². The predicted molar refractivity (Wildman–Crippen MR) is 140 cm³/mol. The van der Waals surface area contributed by atoms with Crippen LogP contribution in [0.3, 0.4) is 0 Å². The Morgan fingerprint density at radius 3 is 2.51 bits per heavy atom. The SMILES string of the molecule is CC(C)(O)CCc1cc(-c2ccc(N3CC4CC(C3)N4C(=O)OC(C)(C)C)nc2)c2c(C#N)cnn2c1. The van der Waals surface area contributed by atoms with Crippen LogP contribution < -0.4 is 4.90 Å². The fourth-order valence-electron chi connectivity index (χ4n) is 5.21. The summed E-state index contributed by atoms with van der Waals surface area (Å²) in [4.78, 5) is 21.4. The average molecular weight is 503 g/mol. The standard InChI is InChI=1S/C28H34N6O3/c1-27(2,3)37-26(35)34-21-11-22(34)17-32(16-21)24-7-6-19(13-30-24)23-10-18(8-9-28(4,5)36)15-33-25(23)20(12-29)14-31-33/h6-7,10,13-15,21-22,36H,8-9,11,16-17H2,1-5H3. The number of piperidine rings is 1. The van der Waals surface area contributed by atoms with Crippen LogP contribution in [-0.4, -0.2) is 67.1 Å². The minimum Gasteiger partial charge on any atom is -0.444 e. The molecule has 0 saturated carbocycles. The second-order valence-electron chi connectivity index (χ2n) is 11.8. The van der Waals surface area contributed by atoms with Crippen molar-refractivity contribution in [3.63, 3.8) is 0 Å². The molecule has 0 aliphatic carbocycles. The number of ether oxygens (including phenoxy) is 1. The van der Waals surface area contributed by atoms with E-state index < -0.39 is 11.2 Å². The van der Waals surface area contributed by atoms with Gasteiger partial charge in [0.1, 0.15) is 17.5 Å². The topological polar surface area (TPSA) is 107 Å². The molecule has 3 aromatic heterocycles. The number of nitriles is 1. The van der Waals surface area contributed by atoms with Crippen LogP contribution in [-0.2, 0) is 11.2 Å². The molecule has 2 unspecified atom stereocenters. The molecule has 0 aromatic carbocycles. The summed E-state index contributed by atoms with van der Waals surface area (Å²) in [5.74, 6) is 0.866. The van der Waals surface area contributed by atoms with Gasteiger partial charge in [-0.15, -0.1) is 0 Å². The molecule has 0 radical (unpaired) electrons. The van der Waals surface area contributed by atoms with Crippen molar-refractivity contribution in [3.8, 4) is 17.2 Å². The quantitative estimate of drug-likeness (QED) is 0.558. The highest BCUT2D eigenvalue weighted by Gasteiger charge is 2.49. The van der Waals surface area contributed by atoms with Crippen molar-refractivity contribution < 1.29 is 14.6 Å². The Morgan fingerprint density at radius 1 is 1.19 bits per heavy atom. The molecule has 3 aliphatic heterocycles. The van der Waals surface area contributed by atoms with Gasteiger partial charge < -0.3 is 14.7 Å². The molecular formula is C28H34N6O3. The van der Waals surface area contributed by atoms with Gasteiger partial charge in [0.05, 0.1) is 35.0 Å². The Hall–Kier alpha value is -3.64. The fourth-order valence-corrected chi connectivity index (χ4v) is 5.21. The van der Waals surface area contributed by atoms with Crippen LogP contribution in [0.15, 0.2) is 36.8 Å². The lowest BCUT2D eigenvalue weighted by Crippen LogP contribution is -2.70. The predicted octanol–water partition coefficient (Wildman–Crippen LogP) is 4.17. The first-order valence-electron chi connectivity index (χ1n) is 12.8. The van der Waals surface area contributed by atoms with E-state index in [-0.39, 0.29) is 18.2 Å². The zero-order valence-electron chi connectivity index (χ0n) is 22.1. The summed E-state index contributed by atoms with van der Waals surface area (Å²) >= 11 is 0. The number of pyridine rings is 2. The van der Waals surface area contributed by atoms with E-state index in [4.69, 9.17) is 9.72 Å². The number of carbonyl (C=O) groups excluding carboxylic acids is 1. The summed E-state index contributed by atoms with van der Waals surface area (Å²) in [5, 5.41) is 24.2. The van der Waals surface area contributed by atoms with Gasteiger partial charge in [-0.25, -0.2) is 14.3 Å². The van der Waals surface area contributed by atoms with E-state index in [1.807, 2.05) is 50.2 Å². The van der Waals surface area contributed by atoms with Crippen molar-refractivity contribution in [1.29, 1.82) is 5.26 Å². The summed E-state index contributed by atoms with van der Waals surface area (Å²) in [7, 11) is 0. The summed E-state index contributed by atoms with van der Waals surface area (Å²) in [6.07, 6.45) is 7.38. The summed E-state index contributed by atoms with van der Waals surface area (Å²) in [6.45, 7) is 10.7. The third-order valence-corrected chi connectivity index (χ3v) is 6.99. The Kier molecular flexibility index (Phi) is 6.11. The van der Waals surface area contributed by atoms with Crippen LogP contribution in [0.25, 0.3) is 16.6 Å². The summed E-state index contributed by atoms with van der Waals surface area (Å²) < 4.78 is 7.33. The maximum absolute atomic E-state index is 12.6. The number of carbonyl (C=O) groups is 1. The van der Waals surface area contributed by atoms with E-state index >= 15 is 0 Å². The molecule has 1 N–H and O–H groups in total. The van der Waals surface area contributed by atoms with Crippen molar-refractivity contribution in [2.24, 2.45) is 0 Å². The zero-order valence-corrected chi connectivity index (χ0v) is 22.1. The lowest BCUT2D eigenvalue weighted by atomic mass is 9.88. The van der Waals surface area contributed by atoms with Crippen molar-refractivity contribution in [3.05, 3.63) is 47.9 Å². The van der Waals surface area contributed by atoms with Crippen molar-refractivity contribution in [1.82, 2.24) is 19.5 Å². The van der Waals surface area contributed by atoms with Crippen LogP contribution in [0, 0.1) is 11.3 Å². The Morgan fingerprint density at radius 2 is 1.92 bits per heavy atom. The number of hydrogen-bond donors (Lipinski definition) is 1. The first-order valence-corrected chi connectivity index (χ1v) is 12.8. The number of nitrogens with zero attached hydrogens (tertiary/aromatic N) is 6. The van der Waals surface area contributed by atoms with E-state index in [0.717, 1.165) is 47.5 Å². The number of aliphatic hydroxyl groups is 1. The van der Waals surface area contributed by atoms with Crippen molar-refractivity contribution in [2.45, 2.75) is 77.2 Å². The first kappa shape index (κ1) is 25.0. The van der Waals surface area contributed by atoms with E-state index in [1.165, 1.54) is 0 Å². The number of fused-ring (bicyclic) bond motifs is 3. The molecule has 9 heteroatoms. The maximum atomic E-state index is 12.6. The van der Waals surface area contributed by atoms with E-state index in [2.05, 4.69) is 22.1 Å². The van der Waals surface area contributed by atoms with Gasteiger partial charge >= 0.3 is 6.09 Å². The van der Waals surface area contributed by atoms with Crippen LogP contribution in [0.1, 0.15) is 58.6 Å². The molecule has 194 valence electrons. The number of aromatic nitrogens is 3. The number of piperazine rings is 1. The van der Waals surface area contributed by atoms with E-state index in [0.29, 0.717) is 18.4 Å². The van der Waals surface area contributed by atoms with Gasteiger partial charge in [-0.05, 0) is 77.6 Å². The van der Waals surface area contributed by atoms with Gasteiger partial charge in [-0.2, -0.15) is 10.4 Å². The molecule has 9 nitrogen and oxygen atoms in total. The van der Waals surface area contributed by atoms with Crippen LogP contribution >= 0.6 is 0 Å². The molecular weight excluding hydrogens is 468 g/mol. The molecule has 2 bridgehead atoms. The fraction of sp³-hybridized carbons (Fsp3) is 0.500. The number of anilines is 1. The molecule has 37 heavy (non-hydrogen) atoms. The highest BCUT2D eigenvalue weighted by molar-refractivity contribution is 5.84. The van der Waals surface area contributed by atoms with Gasteiger partial charge in [0.25, 0.3) is 0 Å². The molecule has 1 amide bonds. The van der Waals surface area contributed by atoms with E-state index in [1.54, 1.807) is 24.6 Å². The molecule has 6 rings (SSSR count). The molecule has 3 saturated heterocycles. The minimum atomic E-state index is -0.769. The highest BCUT2D eigenvalue weighted by Crippen LogP contribution is 2.36. The Labute approximate surface area is 217 Å². The van der Waals surface area contributed by atoms with E-state index in [9.17, 15) is 15.2 Å². The highest BCUT2D eigenvalue weighted by atomic mass is 16.6. The second-order valence-corrected chi connectivity index (χ2v) is 11.8.